The Morgan fingerprint density at radius 1 is 1.12 bits per heavy atom. The van der Waals surface area contributed by atoms with Crippen LogP contribution in [0, 0.1) is 5.41 Å². The highest BCUT2D eigenvalue weighted by Gasteiger charge is 2.67. The molecule has 26 heavy (non-hydrogen) atoms. The molecule has 130 valence electrons. The quantitative estimate of drug-likeness (QED) is 0.767. The summed E-state index contributed by atoms with van der Waals surface area (Å²) >= 11 is 0. The summed E-state index contributed by atoms with van der Waals surface area (Å²) in [6, 6.07) is 11.6. The predicted molar refractivity (Wildman–Crippen MR) is 99.8 cm³/mol. The Morgan fingerprint density at radius 3 is 2.62 bits per heavy atom. The summed E-state index contributed by atoms with van der Waals surface area (Å²) in [4.78, 5) is 27.4. The molecule has 5 nitrogen and oxygen atoms in total. The van der Waals surface area contributed by atoms with Crippen molar-refractivity contribution < 1.29 is 4.79 Å². The third kappa shape index (κ3) is 1.80. The van der Waals surface area contributed by atoms with E-state index in [0.717, 1.165) is 35.3 Å². The van der Waals surface area contributed by atoms with Gasteiger partial charge < -0.3 is 5.32 Å². The van der Waals surface area contributed by atoms with Crippen LogP contribution in [0.15, 0.2) is 48.8 Å². The number of aromatic nitrogens is 3. The van der Waals surface area contributed by atoms with E-state index in [1.807, 2.05) is 36.4 Å². The van der Waals surface area contributed by atoms with Gasteiger partial charge in [-0.15, -0.1) is 0 Å². The number of hydrogen-bond acceptors (Lipinski definition) is 4. The number of anilines is 1. The zero-order valence-corrected chi connectivity index (χ0v) is 14.9. The second kappa shape index (κ2) is 5.10. The lowest BCUT2D eigenvalue weighted by Crippen LogP contribution is -2.46. The first-order chi connectivity index (χ1) is 12.5. The largest absolute Gasteiger partial charge is 0.324 e. The lowest BCUT2D eigenvalue weighted by molar-refractivity contribution is -0.124. The van der Waals surface area contributed by atoms with Crippen molar-refractivity contribution in [1.29, 1.82) is 0 Å². The van der Waals surface area contributed by atoms with Crippen LogP contribution in [0.4, 0.5) is 5.69 Å². The number of hydrogen-bond donors (Lipinski definition) is 1. The lowest BCUT2D eigenvalue weighted by atomic mass is 9.67. The van der Waals surface area contributed by atoms with Crippen LogP contribution in [-0.4, -0.2) is 20.9 Å². The molecule has 0 aliphatic heterocycles. The highest BCUT2D eigenvalue weighted by atomic mass is 16.2. The lowest BCUT2D eigenvalue weighted by Gasteiger charge is -2.36. The summed E-state index contributed by atoms with van der Waals surface area (Å²) in [5.74, 6) is 0.260. The van der Waals surface area contributed by atoms with Gasteiger partial charge in [0.05, 0.1) is 39.7 Å². The molecule has 2 aliphatic rings. The van der Waals surface area contributed by atoms with E-state index in [1.165, 1.54) is 0 Å². The fourth-order valence-corrected chi connectivity index (χ4v) is 5.00. The molecule has 1 amide bonds. The van der Waals surface area contributed by atoms with Crippen molar-refractivity contribution in [2.75, 3.05) is 5.32 Å². The fraction of sp³-hybridized carbons (Fsp3) is 0.333. The molecule has 0 saturated heterocycles. The molecular weight excluding hydrogens is 324 g/mol. The average Bonchev–Trinajstić information content (AvgIpc) is 3.02. The van der Waals surface area contributed by atoms with Gasteiger partial charge in [-0.3, -0.25) is 9.78 Å². The maximum atomic E-state index is 13.5. The summed E-state index contributed by atoms with van der Waals surface area (Å²) < 4.78 is 0. The van der Waals surface area contributed by atoms with Crippen molar-refractivity contribution in [1.82, 2.24) is 15.0 Å². The Kier molecular flexibility index (Phi) is 3.03. The topological polar surface area (TPSA) is 67.8 Å². The second-order valence-electron chi connectivity index (χ2n) is 7.86. The molecule has 2 aromatic heterocycles. The van der Waals surface area contributed by atoms with Gasteiger partial charge in [-0.2, -0.15) is 0 Å². The molecule has 5 rings (SSSR count). The van der Waals surface area contributed by atoms with Crippen LogP contribution in [0.25, 0.3) is 11.0 Å². The summed E-state index contributed by atoms with van der Waals surface area (Å²) in [7, 11) is 0. The first-order valence-electron chi connectivity index (χ1n) is 9.03. The normalized spacial score (nSPS) is 25.2. The summed E-state index contributed by atoms with van der Waals surface area (Å²) in [5, 5.41) is 3.08. The number of nitrogens with one attached hydrogen (secondary N) is 1. The average molecular weight is 344 g/mol. The molecular formula is C21H20N4O. The first-order valence-corrected chi connectivity index (χ1v) is 9.03. The van der Waals surface area contributed by atoms with E-state index in [-0.39, 0.29) is 17.2 Å². The molecule has 2 bridgehead atoms. The van der Waals surface area contributed by atoms with Gasteiger partial charge in [-0.05, 0) is 42.5 Å². The van der Waals surface area contributed by atoms with Crippen LogP contribution >= 0.6 is 0 Å². The fourth-order valence-electron chi connectivity index (χ4n) is 5.00. The first kappa shape index (κ1) is 15.4. The van der Waals surface area contributed by atoms with Crippen molar-refractivity contribution in [2.24, 2.45) is 5.41 Å². The van der Waals surface area contributed by atoms with Gasteiger partial charge in [0, 0.05) is 12.1 Å². The van der Waals surface area contributed by atoms with E-state index in [2.05, 4.69) is 24.1 Å². The van der Waals surface area contributed by atoms with Gasteiger partial charge in [-0.1, -0.05) is 26.0 Å². The van der Waals surface area contributed by atoms with Crippen molar-refractivity contribution in [3.8, 4) is 0 Å². The monoisotopic (exact) mass is 344 g/mol. The molecule has 3 aromatic rings. The van der Waals surface area contributed by atoms with Crippen LogP contribution in [-0.2, 0) is 10.2 Å². The molecule has 1 N–H and O–H groups in total. The maximum Gasteiger partial charge on any atom is 0.237 e. The zero-order chi connectivity index (χ0) is 17.9. The number of carbonyl (C=O) groups excluding carboxylic acids is 1. The third-order valence-electron chi connectivity index (χ3n) is 6.42. The smallest absolute Gasteiger partial charge is 0.237 e. The number of benzene rings is 1. The minimum Gasteiger partial charge on any atom is -0.324 e. The predicted octanol–water partition coefficient (Wildman–Crippen LogP) is 3.82. The molecule has 1 fully saturated rings. The van der Waals surface area contributed by atoms with E-state index in [9.17, 15) is 4.79 Å². The molecule has 5 heteroatoms. The standard InChI is InChI=1S/C21H20N4O/c1-20(2)14-9-10-21(20,19(26)23-13-6-5-11-22-12-13)18-17(14)24-15-7-3-4-8-16(15)25-18/h3-8,11-12,14H,9-10H2,1-2H3,(H,23,26). The highest BCUT2D eigenvalue weighted by molar-refractivity contribution is 6.01. The van der Waals surface area contributed by atoms with E-state index >= 15 is 0 Å². The van der Waals surface area contributed by atoms with E-state index in [4.69, 9.17) is 9.97 Å². The zero-order valence-electron chi connectivity index (χ0n) is 14.9. The molecule has 2 heterocycles. The highest BCUT2D eigenvalue weighted by Crippen LogP contribution is 2.67. The Labute approximate surface area is 151 Å². The number of carbonyl (C=O) groups is 1. The van der Waals surface area contributed by atoms with Gasteiger partial charge in [-0.25, -0.2) is 9.97 Å². The Bertz CT molecular complexity index is 1030. The van der Waals surface area contributed by atoms with E-state index in [0.29, 0.717) is 5.69 Å². The summed E-state index contributed by atoms with van der Waals surface area (Å²) in [6.07, 6.45) is 5.14. The molecule has 2 atom stereocenters. The summed E-state index contributed by atoms with van der Waals surface area (Å²) in [5.41, 5.74) is 3.45. The molecule has 0 spiro atoms. The van der Waals surface area contributed by atoms with Gasteiger partial charge in [0.2, 0.25) is 5.91 Å². The number of para-hydroxylation sites is 2. The van der Waals surface area contributed by atoms with Gasteiger partial charge in [0.1, 0.15) is 0 Å². The molecule has 1 aromatic carbocycles. The van der Waals surface area contributed by atoms with Gasteiger partial charge in [0.25, 0.3) is 0 Å². The van der Waals surface area contributed by atoms with Gasteiger partial charge >= 0.3 is 0 Å². The maximum absolute atomic E-state index is 13.5. The third-order valence-corrected chi connectivity index (χ3v) is 6.42. The minimum absolute atomic E-state index is 0.00123. The molecule has 1 saturated carbocycles. The Balaban J connectivity index is 1.68. The number of pyridine rings is 1. The minimum atomic E-state index is -0.653. The number of amides is 1. The van der Waals surface area contributed by atoms with Crippen molar-refractivity contribution in [3.05, 3.63) is 60.2 Å². The Morgan fingerprint density at radius 2 is 1.88 bits per heavy atom. The van der Waals surface area contributed by atoms with E-state index < -0.39 is 5.41 Å². The van der Waals surface area contributed by atoms with Crippen molar-refractivity contribution in [3.63, 3.8) is 0 Å². The number of rotatable bonds is 2. The molecule has 0 radical (unpaired) electrons. The van der Waals surface area contributed by atoms with Gasteiger partial charge in [0.15, 0.2) is 0 Å². The van der Waals surface area contributed by atoms with Crippen LogP contribution in [0.2, 0.25) is 0 Å². The number of fused-ring (bicyclic) bond motifs is 6. The van der Waals surface area contributed by atoms with E-state index in [1.54, 1.807) is 12.4 Å². The van der Waals surface area contributed by atoms with Crippen molar-refractivity contribution >= 4 is 22.6 Å². The van der Waals surface area contributed by atoms with Crippen LogP contribution in [0.1, 0.15) is 44.0 Å². The van der Waals surface area contributed by atoms with Crippen LogP contribution in [0.3, 0.4) is 0 Å². The molecule has 2 aliphatic carbocycles. The summed E-state index contributed by atoms with van der Waals surface area (Å²) in [6.45, 7) is 4.36. The van der Waals surface area contributed by atoms with Crippen LogP contribution < -0.4 is 5.32 Å². The second-order valence-corrected chi connectivity index (χ2v) is 7.86. The SMILES string of the molecule is CC1(C)C2CCC1(C(=O)Nc1cccnc1)c1nc3ccccc3nc12. The Hall–Kier alpha value is -2.82. The number of nitrogens with zero attached hydrogens (tertiary/aromatic N) is 3. The van der Waals surface area contributed by atoms with Crippen LogP contribution in [0.5, 0.6) is 0 Å². The molecule has 2 unspecified atom stereocenters. The van der Waals surface area contributed by atoms with Crippen molar-refractivity contribution in [2.45, 2.75) is 38.0 Å².